The Kier molecular flexibility index (Phi) is 4.54. The lowest BCUT2D eigenvalue weighted by molar-refractivity contribution is -0.117. The number of rotatable bonds is 5. The fourth-order valence-corrected chi connectivity index (χ4v) is 3.16. The molecule has 6 heteroatoms. The molecule has 0 radical (unpaired) electrons. The van der Waals surface area contributed by atoms with Crippen molar-refractivity contribution in [3.05, 3.63) is 77.6 Å². The molecule has 1 heterocycles. The first-order valence-corrected chi connectivity index (χ1v) is 8.69. The van der Waals surface area contributed by atoms with Gasteiger partial charge in [-0.3, -0.25) is 4.79 Å². The largest absolute Gasteiger partial charge is 0.424 e. The number of nitrogens with zero attached hydrogens (tertiary/aromatic N) is 2. The molecular formula is C20H16ClN3O2. The van der Waals surface area contributed by atoms with Crippen molar-refractivity contribution in [2.24, 2.45) is 5.92 Å². The molecule has 2 atom stereocenters. The molecule has 26 heavy (non-hydrogen) atoms. The first-order chi connectivity index (χ1) is 12.7. The molecule has 0 spiro atoms. The molecular weight excluding hydrogens is 350 g/mol. The van der Waals surface area contributed by atoms with Crippen LogP contribution in [0.1, 0.15) is 17.9 Å². The number of carbonyl (C=O) groups is 1. The van der Waals surface area contributed by atoms with Crippen LogP contribution in [-0.2, 0) is 4.79 Å². The maximum atomic E-state index is 12.4. The van der Waals surface area contributed by atoms with E-state index in [4.69, 9.17) is 16.3 Å². The molecule has 0 saturated heterocycles. The summed E-state index contributed by atoms with van der Waals surface area (Å²) in [6.45, 7) is 0. The van der Waals surface area contributed by atoms with E-state index >= 15 is 0 Å². The highest BCUT2D eigenvalue weighted by molar-refractivity contribution is 6.31. The Morgan fingerprint density at radius 1 is 1.04 bits per heavy atom. The highest BCUT2D eigenvalue weighted by atomic mass is 35.5. The van der Waals surface area contributed by atoms with Gasteiger partial charge in [0, 0.05) is 29.0 Å². The zero-order chi connectivity index (χ0) is 17.9. The number of hydrogen-bond donors (Lipinski definition) is 1. The molecule has 1 aliphatic carbocycles. The lowest BCUT2D eigenvalue weighted by Gasteiger charge is -2.07. The Hall–Kier alpha value is -2.92. The minimum absolute atomic E-state index is 0.00924. The first-order valence-electron chi connectivity index (χ1n) is 8.31. The van der Waals surface area contributed by atoms with Crippen LogP contribution in [0.2, 0.25) is 5.02 Å². The Balaban J connectivity index is 1.36. The lowest BCUT2D eigenvalue weighted by Crippen LogP contribution is -2.14. The molecule has 1 saturated carbocycles. The molecule has 0 bridgehead atoms. The molecule has 1 aliphatic rings. The van der Waals surface area contributed by atoms with Gasteiger partial charge in [0.2, 0.25) is 5.91 Å². The second-order valence-corrected chi connectivity index (χ2v) is 6.52. The lowest BCUT2D eigenvalue weighted by atomic mass is 10.1. The van der Waals surface area contributed by atoms with Crippen molar-refractivity contribution < 1.29 is 9.53 Å². The number of nitrogens with one attached hydrogen (secondary N) is 1. The van der Waals surface area contributed by atoms with Gasteiger partial charge in [-0.05, 0) is 54.3 Å². The van der Waals surface area contributed by atoms with Crippen LogP contribution in [0.5, 0.6) is 11.8 Å². The molecule has 3 aromatic rings. The van der Waals surface area contributed by atoms with E-state index in [0.717, 1.165) is 22.7 Å². The van der Waals surface area contributed by atoms with Crippen molar-refractivity contribution in [3.63, 3.8) is 0 Å². The van der Waals surface area contributed by atoms with Gasteiger partial charge >= 0.3 is 6.01 Å². The second kappa shape index (κ2) is 7.14. The SMILES string of the molecule is O=C(Nc1ccc(Oc2ncccn2)cc1)[C@@H]1C[C@H]1c1ccccc1Cl. The zero-order valence-corrected chi connectivity index (χ0v) is 14.6. The number of anilines is 1. The van der Waals surface area contributed by atoms with E-state index < -0.39 is 0 Å². The number of aromatic nitrogens is 2. The Morgan fingerprint density at radius 2 is 1.77 bits per heavy atom. The van der Waals surface area contributed by atoms with E-state index in [-0.39, 0.29) is 23.8 Å². The molecule has 1 amide bonds. The van der Waals surface area contributed by atoms with Crippen LogP contribution >= 0.6 is 11.6 Å². The standard InChI is InChI=1S/C20H16ClN3O2/c21-18-5-2-1-4-15(18)16-12-17(16)19(25)24-13-6-8-14(9-7-13)26-20-22-10-3-11-23-20/h1-11,16-17H,12H2,(H,24,25)/t16-,17+/m0/s1. The fraction of sp³-hybridized carbons (Fsp3) is 0.150. The number of carbonyl (C=O) groups excluding carboxylic acids is 1. The number of benzene rings is 2. The maximum absolute atomic E-state index is 12.4. The van der Waals surface area contributed by atoms with E-state index in [1.807, 2.05) is 24.3 Å². The number of amides is 1. The average molecular weight is 366 g/mol. The van der Waals surface area contributed by atoms with Gasteiger partial charge < -0.3 is 10.1 Å². The maximum Gasteiger partial charge on any atom is 0.321 e. The van der Waals surface area contributed by atoms with Gasteiger partial charge in [0.1, 0.15) is 5.75 Å². The Bertz CT molecular complexity index is 916. The van der Waals surface area contributed by atoms with Gasteiger partial charge in [0.05, 0.1) is 0 Å². The third-order valence-electron chi connectivity index (χ3n) is 4.30. The highest BCUT2D eigenvalue weighted by Gasteiger charge is 2.44. The van der Waals surface area contributed by atoms with Gasteiger partial charge in [-0.15, -0.1) is 0 Å². The normalized spacial score (nSPS) is 18.2. The van der Waals surface area contributed by atoms with Gasteiger partial charge in [-0.2, -0.15) is 0 Å². The fourth-order valence-electron chi connectivity index (χ4n) is 2.89. The van der Waals surface area contributed by atoms with Crippen molar-refractivity contribution in [2.45, 2.75) is 12.3 Å². The van der Waals surface area contributed by atoms with Crippen LogP contribution in [0.4, 0.5) is 5.69 Å². The van der Waals surface area contributed by atoms with Crippen molar-refractivity contribution in [1.82, 2.24) is 9.97 Å². The van der Waals surface area contributed by atoms with E-state index in [1.54, 1.807) is 42.7 Å². The predicted molar refractivity (Wildman–Crippen MR) is 99.5 cm³/mol. The highest BCUT2D eigenvalue weighted by Crippen LogP contribution is 2.50. The van der Waals surface area contributed by atoms with Gasteiger partial charge in [0.15, 0.2) is 0 Å². The summed E-state index contributed by atoms with van der Waals surface area (Å²) in [4.78, 5) is 20.5. The number of ether oxygens (including phenoxy) is 1. The molecule has 1 aromatic heterocycles. The summed E-state index contributed by atoms with van der Waals surface area (Å²) in [5.41, 5.74) is 1.77. The minimum atomic E-state index is -0.0384. The predicted octanol–water partition coefficient (Wildman–Crippen LogP) is 4.66. The molecule has 4 rings (SSSR count). The average Bonchev–Trinajstić information content (AvgIpc) is 3.45. The molecule has 1 N–H and O–H groups in total. The third kappa shape index (κ3) is 3.68. The van der Waals surface area contributed by atoms with Gasteiger partial charge in [-0.25, -0.2) is 9.97 Å². The smallest absolute Gasteiger partial charge is 0.321 e. The summed E-state index contributed by atoms with van der Waals surface area (Å²) >= 11 is 6.22. The van der Waals surface area contributed by atoms with Crippen LogP contribution in [0, 0.1) is 5.92 Å². The van der Waals surface area contributed by atoms with Gasteiger partial charge in [0.25, 0.3) is 0 Å². The van der Waals surface area contributed by atoms with Crippen molar-refractivity contribution >= 4 is 23.2 Å². The summed E-state index contributed by atoms with van der Waals surface area (Å²) in [5.74, 6) is 0.773. The van der Waals surface area contributed by atoms with Crippen molar-refractivity contribution in [3.8, 4) is 11.8 Å². The van der Waals surface area contributed by atoms with Crippen molar-refractivity contribution in [1.29, 1.82) is 0 Å². The topological polar surface area (TPSA) is 64.1 Å². The quantitative estimate of drug-likeness (QED) is 0.714. The van der Waals surface area contributed by atoms with Crippen LogP contribution in [-0.4, -0.2) is 15.9 Å². The molecule has 0 unspecified atom stereocenters. The third-order valence-corrected chi connectivity index (χ3v) is 4.65. The first kappa shape index (κ1) is 16.5. The summed E-state index contributed by atoms with van der Waals surface area (Å²) < 4.78 is 5.54. The van der Waals surface area contributed by atoms with Crippen LogP contribution in [0.3, 0.4) is 0 Å². The van der Waals surface area contributed by atoms with Crippen molar-refractivity contribution in [2.75, 3.05) is 5.32 Å². The summed E-state index contributed by atoms with van der Waals surface area (Å²) in [6, 6.07) is 16.8. The molecule has 0 aliphatic heterocycles. The minimum Gasteiger partial charge on any atom is -0.424 e. The van der Waals surface area contributed by atoms with E-state index in [0.29, 0.717) is 5.75 Å². The monoisotopic (exact) mass is 365 g/mol. The van der Waals surface area contributed by atoms with Crippen LogP contribution < -0.4 is 10.1 Å². The Labute approximate surface area is 156 Å². The molecule has 1 fully saturated rings. The molecule has 130 valence electrons. The number of halogens is 1. The summed E-state index contributed by atoms with van der Waals surface area (Å²) in [6.07, 6.45) is 4.05. The second-order valence-electron chi connectivity index (χ2n) is 6.12. The number of hydrogen-bond acceptors (Lipinski definition) is 4. The Morgan fingerprint density at radius 3 is 2.50 bits per heavy atom. The summed E-state index contributed by atoms with van der Waals surface area (Å²) in [7, 11) is 0. The summed E-state index contributed by atoms with van der Waals surface area (Å²) in [5, 5.41) is 3.67. The van der Waals surface area contributed by atoms with Crippen LogP contribution in [0.25, 0.3) is 0 Å². The zero-order valence-electron chi connectivity index (χ0n) is 13.8. The van der Waals surface area contributed by atoms with E-state index in [9.17, 15) is 4.79 Å². The molecule has 5 nitrogen and oxygen atoms in total. The molecule has 2 aromatic carbocycles. The van der Waals surface area contributed by atoms with Crippen LogP contribution in [0.15, 0.2) is 67.0 Å². The van der Waals surface area contributed by atoms with E-state index in [2.05, 4.69) is 15.3 Å². The van der Waals surface area contributed by atoms with E-state index in [1.165, 1.54) is 0 Å². The van der Waals surface area contributed by atoms with Gasteiger partial charge in [-0.1, -0.05) is 29.8 Å².